The summed E-state index contributed by atoms with van der Waals surface area (Å²) >= 11 is 0. The minimum Gasteiger partial charge on any atom is -0.480 e. The Morgan fingerprint density at radius 3 is 2.83 bits per heavy atom. The summed E-state index contributed by atoms with van der Waals surface area (Å²) in [5, 5.41) is 12.5. The molecule has 1 unspecified atom stereocenters. The molecule has 1 aliphatic rings. The molecule has 3 N–H and O–H groups in total. The van der Waals surface area contributed by atoms with E-state index in [-0.39, 0.29) is 18.4 Å². The van der Waals surface area contributed by atoms with E-state index >= 15 is 0 Å². The first kappa shape index (κ1) is 15.1. The van der Waals surface area contributed by atoms with Gasteiger partial charge in [-0.2, -0.15) is 0 Å². The molecule has 1 saturated heterocycles. The lowest BCUT2D eigenvalue weighted by atomic mass is 10.2. The number of aliphatic carboxylic acids is 1. The molecule has 120 valence electrons. The Kier molecular flexibility index (Phi) is 4.01. The second-order valence-electron chi connectivity index (χ2n) is 5.54. The van der Waals surface area contributed by atoms with Crippen LogP contribution in [0.4, 0.5) is 0 Å². The molecular weight excluding hydrogens is 298 g/mol. The molecule has 3 rings (SSSR count). The maximum atomic E-state index is 12.1. The van der Waals surface area contributed by atoms with Gasteiger partial charge in [-0.3, -0.25) is 9.59 Å². The van der Waals surface area contributed by atoms with Crippen LogP contribution >= 0.6 is 0 Å². The minimum absolute atomic E-state index is 0.210. The van der Waals surface area contributed by atoms with E-state index in [2.05, 4.69) is 10.3 Å². The highest BCUT2D eigenvalue weighted by atomic mass is 16.4. The molecule has 0 bridgehead atoms. The van der Waals surface area contributed by atoms with Crippen molar-refractivity contribution in [2.75, 3.05) is 13.1 Å². The zero-order valence-corrected chi connectivity index (χ0v) is 12.4. The summed E-state index contributed by atoms with van der Waals surface area (Å²) in [7, 11) is 0. The fourth-order valence-corrected chi connectivity index (χ4v) is 2.87. The predicted molar refractivity (Wildman–Crippen MR) is 83.0 cm³/mol. The number of likely N-dealkylation sites (tertiary alicyclic amines) is 1. The predicted octanol–water partition coefficient (Wildman–Crippen LogP) is 0.973. The fraction of sp³-hybridized carbons (Fsp3) is 0.312. The standard InChI is InChI=1S/C16H17N3O4/c20-14(19-7-3-6-13(19)16(22)23)9-17-15(21)12-8-10-4-1-2-5-11(10)18-12/h1-2,4-5,8,13,18H,3,6-7,9H2,(H,17,21)(H,22,23). The number of carbonyl (C=O) groups is 3. The highest BCUT2D eigenvalue weighted by Gasteiger charge is 2.33. The molecular formula is C16H17N3O4. The van der Waals surface area contributed by atoms with Crippen LogP contribution in [0.2, 0.25) is 0 Å². The van der Waals surface area contributed by atoms with E-state index in [1.165, 1.54) is 4.90 Å². The molecule has 1 fully saturated rings. The molecule has 0 radical (unpaired) electrons. The van der Waals surface area contributed by atoms with Crippen molar-refractivity contribution in [3.05, 3.63) is 36.0 Å². The Balaban J connectivity index is 1.62. The zero-order chi connectivity index (χ0) is 16.4. The molecule has 1 aromatic heterocycles. The summed E-state index contributed by atoms with van der Waals surface area (Å²) in [5.41, 5.74) is 1.21. The average Bonchev–Trinajstić information content (AvgIpc) is 3.18. The van der Waals surface area contributed by atoms with Crippen LogP contribution in [0, 0.1) is 0 Å². The second-order valence-corrected chi connectivity index (χ2v) is 5.54. The number of nitrogens with one attached hydrogen (secondary N) is 2. The number of nitrogens with zero attached hydrogens (tertiary/aromatic N) is 1. The van der Waals surface area contributed by atoms with Crippen LogP contribution in [-0.4, -0.2) is 51.9 Å². The quantitative estimate of drug-likeness (QED) is 0.782. The number of benzene rings is 1. The SMILES string of the molecule is O=C(NCC(=O)N1CCCC1C(=O)O)c1cc2ccccc2[nH]1. The van der Waals surface area contributed by atoms with Gasteiger partial charge in [0.1, 0.15) is 11.7 Å². The molecule has 1 atom stereocenters. The number of fused-ring (bicyclic) bond motifs is 1. The number of rotatable bonds is 4. The lowest BCUT2D eigenvalue weighted by molar-refractivity contribution is -0.147. The maximum Gasteiger partial charge on any atom is 0.326 e. The number of carboxylic acids is 1. The van der Waals surface area contributed by atoms with E-state index in [4.69, 9.17) is 5.11 Å². The normalized spacial score (nSPS) is 17.4. The fourth-order valence-electron chi connectivity index (χ4n) is 2.87. The van der Waals surface area contributed by atoms with E-state index in [1.807, 2.05) is 24.3 Å². The first-order valence-electron chi connectivity index (χ1n) is 7.44. The molecule has 23 heavy (non-hydrogen) atoms. The van der Waals surface area contributed by atoms with Crippen molar-refractivity contribution >= 4 is 28.7 Å². The first-order valence-corrected chi connectivity index (χ1v) is 7.44. The number of aromatic amines is 1. The molecule has 1 aliphatic heterocycles. The van der Waals surface area contributed by atoms with E-state index in [1.54, 1.807) is 6.07 Å². The van der Waals surface area contributed by atoms with E-state index in [0.29, 0.717) is 25.1 Å². The summed E-state index contributed by atoms with van der Waals surface area (Å²) in [4.78, 5) is 39.6. The van der Waals surface area contributed by atoms with Gasteiger partial charge in [0, 0.05) is 17.4 Å². The summed E-state index contributed by atoms with van der Waals surface area (Å²) in [6, 6.07) is 8.41. The highest BCUT2D eigenvalue weighted by Crippen LogP contribution is 2.17. The average molecular weight is 315 g/mol. The van der Waals surface area contributed by atoms with Crippen LogP contribution < -0.4 is 5.32 Å². The molecule has 2 heterocycles. The third-order valence-electron chi connectivity index (χ3n) is 4.03. The van der Waals surface area contributed by atoms with Crippen molar-refractivity contribution in [2.24, 2.45) is 0 Å². The summed E-state index contributed by atoms with van der Waals surface area (Å²) < 4.78 is 0. The Morgan fingerprint density at radius 2 is 2.09 bits per heavy atom. The third kappa shape index (κ3) is 3.03. The van der Waals surface area contributed by atoms with Crippen LogP contribution in [0.25, 0.3) is 10.9 Å². The number of aromatic nitrogens is 1. The smallest absolute Gasteiger partial charge is 0.326 e. The van der Waals surface area contributed by atoms with Gasteiger partial charge in [-0.05, 0) is 25.0 Å². The number of amides is 2. The van der Waals surface area contributed by atoms with E-state index in [9.17, 15) is 14.4 Å². The van der Waals surface area contributed by atoms with Crippen LogP contribution in [0.5, 0.6) is 0 Å². The summed E-state index contributed by atoms with van der Waals surface area (Å²) in [6.07, 6.45) is 1.12. The number of carbonyl (C=O) groups excluding carboxylic acids is 2. The number of para-hydroxylation sites is 1. The van der Waals surface area contributed by atoms with Crippen molar-refractivity contribution in [2.45, 2.75) is 18.9 Å². The minimum atomic E-state index is -1.00. The van der Waals surface area contributed by atoms with Gasteiger partial charge in [-0.1, -0.05) is 18.2 Å². The Labute approximate surface area is 132 Å². The number of H-pyrrole nitrogens is 1. The van der Waals surface area contributed by atoms with E-state index < -0.39 is 12.0 Å². The second kappa shape index (κ2) is 6.12. The monoisotopic (exact) mass is 315 g/mol. The molecule has 0 aliphatic carbocycles. The van der Waals surface area contributed by atoms with Crippen LogP contribution in [-0.2, 0) is 9.59 Å². The number of hydrogen-bond acceptors (Lipinski definition) is 3. The number of carboxylic acid groups (broad SMARTS) is 1. The topological polar surface area (TPSA) is 102 Å². The lowest BCUT2D eigenvalue weighted by Crippen LogP contribution is -2.45. The molecule has 7 heteroatoms. The van der Waals surface area contributed by atoms with Gasteiger partial charge in [0.2, 0.25) is 5.91 Å². The van der Waals surface area contributed by atoms with Gasteiger partial charge in [0.05, 0.1) is 6.54 Å². The molecule has 2 aromatic rings. The Hall–Kier alpha value is -2.83. The molecule has 7 nitrogen and oxygen atoms in total. The third-order valence-corrected chi connectivity index (χ3v) is 4.03. The van der Waals surface area contributed by atoms with Gasteiger partial charge in [0.15, 0.2) is 0 Å². The molecule has 0 saturated carbocycles. The van der Waals surface area contributed by atoms with Crippen LogP contribution in [0.1, 0.15) is 23.3 Å². The van der Waals surface area contributed by atoms with Crippen molar-refractivity contribution in [1.29, 1.82) is 0 Å². The first-order chi connectivity index (χ1) is 11.1. The zero-order valence-electron chi connectivity index (χ0n) is 12.4. The van der Waals surface area contributed by atoms with Gasteiger partial charge in [-0.25, -0.2) is 4.79 Å². The van der Waals surface area contributed by atoms with Crippen molar-refractivity contribution in [3.63, 3.8) is 0 Å². The molecule has 0 spiro atoms. The Morgan fingerprint density at radius 1 is 1.30 bits per heavy atom. The van der Waals surface area contributed by atoms with Crippen LogP contribution in [0.15, 0.2) is 30.3 Å². The van der Waals surface area contributed by atoms with Gasteiger partial charge < -0.3 is 20.3 Å². The van der Waals surface area contributed by atoms with Gasteiger partial charge in [-0.15, -0.1) is 0 Å². The molecule has 1 aromatic carbocycles. The lowest BCUT2D eigenvalue weighted by Gasteiger charge is -2.21. The number of hydrogen-bond donors (Lipinski definition) is 3. The largest absolute Gasteiger partial charge is 0.480 e. The van der Waals surface area contributed by atoms with Crippen LogP contribution in [0.3, 0.4) is 0 Å². The maximum absolute atomic E-state index is 12.1. The van der Waals surface area contributed by atoms with Gasteiger partial charge >= 0.3 is 5.97 Å². The Bertz CT molecular complexity index is 735. The van der Waals surface area contributed by atoms with Gasteiger partial charge in [0.25, 0.3) is 5.91 Å². The summed E-state index contributed by atoms with van der Waals surface area (Å²) in [5.74, 6) is -1.77. The highest BCUT2D eigenvalue weighted by molar-refractivity contribution is 5.99. The van der Waals surface area contributed by atoms with Crippen molar-refractivity contribution in [3.8, 4) is 0 Å². The van der Waals surface area contributed by atoms with Crippen molar-refractivity contribution in [1.82, 2.24) is 15.2 Å². The molecule has 2 amide bonds. The van der Waals surface area contributed by atoms with E-state index in [0.717, 1.165) is 10.9 Å². The summed E-state index contributed by atoms with van der Waals surface area (Å²) in [6.45, 7) is 0.204. The van der Waals surface area contributed by atoms with Crippen molar-refractivity contribution < 1.29 is 19.5 Å².